The fourth-order valence-electron chi connectivity index (χ4n) is 7.47. The second kappa shape index (κ2) is 15.4. The van der Waals surface area contributed by atoms with Crippen molar-refractivity contribution >= 4 is 46.5 Å². The average molecular weight is 753 g/mol. The fraction of sp³-hybridized carbons (Fsp3) is 0.395. The van der Waals surface area contributed by atoms with Gasteiger partial charge in [0.1, 0.15) is 33.2 Å². The van der Waals surface area contributed by atoms with E-state index in [0.717, 1.165) is 54.9 Å². The van der Waals surface area contributed by atoms with E-state index in [-0.39, 0.29) is 28.5 Å². The number of methoxy groups -OCH3 is 2. The van der Waals surface area contributed by atoms with Gasteiger partial charge in [-0.3, -0.25) is 9.80 Å². The molecule has 0 spiro atoms. The molecule has 2 aromatic heterocycles. The highest BCUT2D eigenvalue weighted by Gasteiger charge is 2.40. The molecule has 0 N–H and O–H groups in total. The number of hydrogen-bond acceptors (Lipinski definition) is 10. The van der Waals surface area contributed by atoms with Crippen LogP contribution in [0.15, 0.2) is 67.0 Å². The number of aromatic nitrogens is 1. The van der Waals surface area contributed by atoms with E-state index < -0.39 is 18.1 Å². The van der Waals surface area contributed by atoms with Crippen LogP contribution in [0, 0.1) is 11.1 Å². The van der Waals surface area contributed by atoms with Gasteiger partial charge in [0.25, 0.3) is 0 Å². The van der Waals surface area contributed by atoms with E-state index in [1.807, 2.05) is 24.3 Å². The number of piperidine rings is 3. The summed E-state index contributed by atoms with van der Waals surface area (Å²) in [4.78, 5) is 33.6. The summed E-state index contributed by atoms with van der Waals surface area (Å²) in [7, 11) is 3.06. The molecule has 51 heavy (non-hydrogen) atoms. The van der Waals surface area contributed by atoms with Crippen molar-refractivity contribution in [2.75, 3.05) is 40.4 Å². The Morgan fingerprint density at radius 3 is 2.43 bits per heavy atom. The Bertz CT molecular complexity index is 1890. The molecule has 1 unspecified atom stereocenters. The summed E-state index contributed by atoms with van der Waals surface area (Å²) in [5, 5.41) is 12.2. The number of rotatable bonds is 11. The van der Waals surface area contributed by atoms with Gasteiger partial charge in [-0.15, -0.1) is 11.3 Å². The number of halogens is 2. The first-order valence-electron chi connectivity index (χ1n) is 17.0. The predicted molar refractivity (Wildman–Crippen MR) is 193 cm³/mol. The van der Waals surface area contributed by atoms with Crippen LogP contribution in [-0.2, 0) is 33.7 Å². The quantitative estimate of drug-likeness (QED) is 0.0955. The summed E-state index contributed by atoms with van der Waals surface area (Å²) in [6, 6.07) is 16.4. The number of nitrogens with zero attached hydrogens (tertiary/aromatic N) is 3. The van der Waals surface area contributed by atoms with Crippen molar-refractivity contribution in [3.63, 3.8) is 0 Å². The van der Waals surface area contributed by atoms with Crippen LogP contribution in [0.3, 0.4) is 0 Å². The molecule has 4 aliphatic rings. The SMILES string of the molecule is COc1ccc([C@H](Cc2c(Cl)c[n+]([O-])cc2Cl)OC(=O)c2ccc(CN3CCc4ccccc4C3C(=O)O[C@H]3CN4CCC3CC4)s2)cc1OC. The van der Waals surface area contributed by atoms with Crippen LogP contribution in [0.4, 0.5) is 0 Å². The lowest BCUT2D eigenvalue weighted by Crippen LogP contribution is -2.53. The summed E-state index contributed by atoms with van der Waals surface area (Å²) in [6.45, 7) is 4.09. The van der Waals surface area contributed by atoms with E-state index >= 15 is 0 Å². The molecular formula is C38H39Cl2N3O7S. The van der Waals surface area contributed by atoms with Crippen molar-refractivity contribution in [1.29, 1.82) is 0 Å². The first kappa shape index (κ1) is 35.5. The minimum atomic E-state index is -0.829. The number of hydrogen-bond donors (Lipinski definition) is 0. The zero-order valence-corrected chi connectivity index (χ0v) is 30.7. The number of benzene rings is 2. The molecule has 268 valence electrons. The molecule has 10 nitrogen and oxygen atoms in total. The van der Waals surface area contributed by atoms with Crippen LogP contribution in [0.25, 0.3) is 0 Å². The van der Waals surface area contributed by atoms with Crippen molar-refractivity contribution in [3.8, 4) is 11.5 Å². The molecule has 0 amide bonds. The molecule has 2 aromatic carbocycles. The highest BCUT2D eigenvalue weighted by atomic mass is 35.5. The van der Waals surface area contributed by atoms with Crippen molar-refractivity contribution in [1.82, 2.24) is 9.80 Å². The zero-order chi connectivity index (χ0) is 35.6. The maximum absolute atomic E-state index is 14.0. The van der Waals surface area contributed by atoms with Gasteiger partial charge in [0.05, 0.1) is 14.2 Å². The van der Waals surface area contributed by atoms with Crippen LogP contribution >= 0.6 is 34.5 Å². The van der Waals surface area contributed by atoms with E-state index in [1.54, 1.807) is 24.3 Å². The molecule has 0 aliphatic carbocycles. The molecule has 8 rings (SSSR count). The maximum atomic E-state index is 14.0. The molecule has 6 heterocycles. The van der Waals surface area contributed by atoms with Gasteiger partial charge >= 0.3 is 11.9 Å². The van der Waals surface area contributed by atoms with E-state index in [9.17, 15) is 14.8 Å². The second-order valence-electron chi connectivity index (χ2n) is 13.2. The minimum absolute atomic E-state index is 0.0839. The second-order valence-corrected chi connectivity index (χ2v) is 15.2. The van der Waals surface area contributed by atoms with Crippen molar-refractivity contribution < 1.29 is 33.3 Å². The lowest BCUT2D eigenvalue weighted by molar-refractivity contribution is -0.605. The van der Waals surface area contributed by atoms with Crippen molar-refractivity contribution in [2.45, 2.75) is 50.5 Å². The number of thiophene rings is 1. The third kappa shape index (κ3) is 7.68. The van der Waals surface area contributed by atoms with Gasteiger partial charge in [-0.05, 0) is 79.2 Å². The summed E-state index contributed by atoms with van der Waals surface area (Å²) in [6.07, 6.45) is 4.55. The third-order valence-electron chi connectivity index (χ3n) is 10.2. The molecule has 3 fully saturated rings. The van der Waals surface area contributed by atoms with Gasteiger partial charge in [-0.2, -0.15) is 4.73 Å². The molecular weight excluding hydrogens is 713 g/mol. The summed E-state index contributed by atoms with van der Waals surface area (Å²) < 4.78 is 23.9. The Hall–Kier alpha value is -3.87. The topological polar surface area (TPSA) is 104 Å². The molecule has 0 saturated carbocycles. The standard InChI is InChI=1S/C38H39Cl2N3O7S/c1-47-31-9-7-25(17-33(31)48-2)32(18-28-29(39)20-43(46)21-30(28)40)49-37(44)35-10-8-26(51-35)19-42-16-13-23-5-3-4-6-27(23)36(42)38(45)50-34-22-41-14-11-24(34)12-15-41/h3-10,17,20-21,24,32,34,36H,11-16,18-19,22H2,1-2H3/t32-,34-,36?/m0/s1. The normalized spacial score (nSPS) is 21.8. The molecule has 3 atom stereocenters. The van der Waals surface area contributed by atoms with Crippen molar-refractivity contribution in [3.05, 3.63) is 114 Å². The number of carbonyl (C=O) groups excluding carboxylic acids is 2. The lowest BCUT2D eigenvalue weighted by Gasteiger charge is -2.45. The Morgan fingerprint density at radius 1 is 0.980 bits per heavy atom. The number of carbonyl (C=O) groups is 2. The first-order valence-corrected chi connectivity index (χ1v) is 18.6. The predicted octanol–water partition coefficient (Wildman–Crippen LogP) is 6.58. The number of pyridine rings is 1. The van der Waals surface area contributed by atoms with E-state index in [2.05, 4.69) is 15.9 Å². The van der Waals surface area contributed by atoms with E-state index in [1.165, 1.54) is 38.0 Å². The summed E-state index contributed by atoms with van der Waals surface area (Å²) in [5.41, 5.74) is 3.22. The molecule has 4 aromatic rings. The van der Waals surface area contributed by atoms with E-state index in [4.69, 9.17) is 42.1 Å². The summed E-state index contributed by atoms with van der Waals surface area (Å²) in [5.74, 6) is 0.647. The van der Waals surface area contributed by atoms with Crippen molar-refractivity contribution in [2.24, 2.45) is 5.92 Å². The van der Waals surface area contributed by atoms with Crippen LogP contribution in [0.5, 0.6) is 11.5 Å². The molecule has 0 radical (unpaired) electrons. The highest BCUT2D eigenvalue weighted by molar-refractivity contribution is 7.13. The largest absolute Gasteiger partial charge is 0.619 e. The van der Waals surface area contributed by atoms with Gasteiger partial charge in [0.15, 0.2) is 23.9 Å². The first-order chi connectivity index (χ1) is 24.7. The molecule has 4 aliphatic heterocycles. The van der Waals surface area contributed by atoms with Gasteiger partial charge in [0, 0.05) is 36.5 Å². The Kier molecular flexibility index (Phi) is 10.7. The van der Waals surface area contributed by atoms with Gasteiger partial charge in [-0.25, -0.2) is 9.59 Å². The van der Waals surface area contributed by atoms with Crippen LogP contribution < -0.4 is 14.2 Å². The van der Waals surface area contributed by atoms with Gasteiger partial charge in [0.2, 0.25) is 0 Å². The summed E-state index contributed by atoms with van der Waals surface area (Å²) >= 11 is 14.2. The average Bonchev–Trinajstić information content (AvgIpc) is 3.61. The lowest BCUT2D eigenvalue weighted by atomic mass is 9.85. The van der Waals surface area contributed by atoms with Gasteiger partial charge < -0.3 is 24.2 Å². The third-order valence-corrected chi connectivity index (χ3v) is 11.9. The Morgan fingerprint density at radius 2 is 1.73 bits per heavy atom. The van der Waals surface area contributed by atoms with Crippen LogP contribution in [0.2, 0.25) is 10.0 Å². The molecule has 3 saturated heterocycles. The maximum Gasteiger partial charge on any atom is 0.348 e. The number of ether oxygens (including phenoxy) is 4. The fourth-order valence-corrected chi connectivity index (χ4v) is 8.99. The van der Waals surface area contributed by atoms with Gasteiger partial charge in [-0.1, -0.05) is 53.5 Å². The number of fused-ring (bicyclic) bond motifs is 4. The zero-order valence-electron chi connectivity index (χ0n) is 28.4. The minimum Gasteiger partial charge on any atom is -0.619 e. The highest BCUT2D eigenvalue weighted by Crippen LogP contribution is 2.38. The monoisotopic (exact) mass is 751 g/mol. The van der Waals surface area contributed by atoms with E-state index in [0.29, 0.717) is 51.2 Å². The molecule has 2 bridgehead atoms. The Labute approximate surface area is 311 Å². The Balaban J connectivity index is 1.11. The van der Waals surface area contributed by atoms with Crippen LogP contribution in [0.1, 0.15) is 61.8 Å². The van der Waals surface area contributed by atoms with Crippen LogP contribution in [-0.4, -0.2) is 68.2 Å². The molecule has 13 heteroatoms. The number of esters is 2. The smallest absolute Gasteiger partial charge is 0.348 e.